The lowest BCUT2D eigenvalue weighted by atomic mass is 10.1. The lowest BCUT2D eigenvalue weighted by Crippen LogP contribution is -1.92. The summed E-state index contributed by atoms with van der Waals surface area (Å²) in [6, 6.07) is 5.33. The van der Waals surface area contributed by atoms with E-state index >= 15 is 0 Å². The highest BCUT2D eigenvalue weighted by Crippen LogP contribution is 2.21. The number of fused-ring (bicyclic) bond motifs is 1. The molecule has 0 saturated heterocycles. The predicted molar refractivity (Wildman–Crippen MR) is 60.3 cm³/mol. The number of oxazole rings is 1. The zero-order valence-electron chi connectivity index (χ0n) is 8.73. The molecule has 0 radical (unpaired) electrons. The second-order valence-corrected chi connectivity index (χ2v) is 3.63. The summed E-state index contributed by atoms with van der Waals surface area (Å²) in [5.74, 6) is 0.0217. The molecule has 3 aromatic rings. The highest BCUT2D eigenvalue weighted by Gasteiger charge is 2.06. The van der Waals surface area contributed by atoms with Crippen molar-refractivity contribution >= 4 is 11.1 Å². The van der Waals surface area contributed by atoms with Crippen LogP contribution in [0.15, 0.2) is 33.6 Å². The number of H-pyrrole nitrogens is 2. The molecule has 0 unspecified atom stereocenters. The Balaban J connectivity index is 2.13. The first-order chi connectivity index (χ1) is 8.26. The summed E-state index contributed by atoms with van der Waals surface area (Å²) in [5, 5.41) is 8.91. The van der Waals surface area contributed by atoms with E-state index in [1.54, 1.807) is 18.3 Å². The zero-order chi connectivity index (χ0) is 11.8. The molecule has 6 heteroatoms. The third kappa shape index (κ3) is 1.64. The fraction of sp³-hybridized carbons (Fsp3) is 0.0909. The fourth-order valence-electron chi connectivity index (χ4n) is 1.70. The molecule has 3 N–H and O–H groups in total. The molecule has 1 aromatic carbocycles. The fourth-order valence-corrected chi connectivity index (χ4v) is 1.70. The van der Waals surface area contributed by atoms with Gasteiger partial charge in [0, 0.05) is 5.56 Å². The summed E-state index contributed by atoms with van der Waals surface area (Å²) in [5.41, 5.74) is 2.75. The molecular formula is C11H9N3O3. The van der Waals surface area contributed by atoms with Crippen molar-refractivity contribution in [2.24, 2.45) is 0 Å². The number of nitrogens with one attached hydrogen (secondary N) is 2. The van der Waals surface area contributed by atoms with Crippen LogP contribution in [0.2, 0.25) is 0 Å². The molecule has 86 valence electrons. The molecular weight excluding hydrogens is 222 g/mol. The van der Waals surface area contributed by atoms with Crippen molar-refractivity contribution < 1.29 is 9.52 Å². The lowest BCUT2D eigenvalue weighted by molar-refractivity contribution is 0.272. The average Bonchev–Trinajstić information content (AvgIpc) is 2.92. The number of hydrogen-bond acceptors (Lipinski definition) is 4. The van der Waals surface area contributed by atoms with Crippen LogP contribution in [-0.4, -0.2) is 20.1 Å². The van der Waals surface area contributed by atoms with Crippen molar-refractivity contribution in [1.82, 2.24) is 15.0 Å². The van der Waals surface area contributed by atoms with Gasteiger partial charge < -0.3 is 14.5 Å². The van der Waals surface area contributed by atoms with Crippen molar-refractivity contribution in [3.8, 4) is 11.3 Å². The minimum atomic E-state index is -0.474. The maximum absolute atomic E-state index is 11.0. The second kappa shape index (κ2) is 3.60. The van der Waals surface area contributed by atoms with Crippen LogP contribution in [-0.2, 0) is 6.61 Å². The Morgan fingerprint density at radius 3 is 3.00 bits per heavy atom. The van der Waals surface area contributed by atoms with Gasteiger partial charge in [0.2, 0.25) is 0 Å². The summed E-state index contributed by atoms with van der Waals surface area (Å²) in [6.45, 7) is -0.137. The standard InChI is InChI=1S/C11H9N3O3/c15-5-10-12-4-8(13-10)6-1-2-7-9(3-6)17-11(16)14-7/h1-4,15H,5H2,(H,12,13)(H,14,16). The van der Waals surface area contributed by atoms with Crippen molar-refractivity contribution in [2.75, 3.05) is 0 Å². The van der Waals surface area contributed by atoms with E-state index in [4.69, 9.17) is 9.52 Å². The van der Waals surface area contributed by atoms with Crippen LogP contribution >= 0.6 is 0 Å². The molecule has 17 heavy (non-hydrogen) atoms. The van der Waals surface area contributed by atoms with Gasteiger partial charge in [0.05, 0.1) is 17.4 Å². The van der Waals surface area contributed by atoms with E-state index in [1.165, 1.54) is 0 Å². The number of hydrogen-bond donors (Lipinski definition) is 3. The second-order valence-electron chi connectivity index (χ2n) is 3.63. The van der Waals surface area contributed by atoms with E-state index in [0.29, 0.717) is 16.9 Å². The van der Waals surface area contributed by atoms with E-state index in [2.05, 4.69) is 15.0 Å². The van der Waals surface area contributed by atoms with Crippen LogP contribution < -0.4 is 5.76 Å². The minimum absolute atomic E-state index is 0.137. The number of benzene rings is 1. The third-order valence-electron chi connectivity index (χ3n) is 2.51. The molecule has 2 aromatic heterocycles. The Morgan fingerprint density at radius 2 is 2.24 bits per heavy atom. The molecule has 0 aliphatic rings. The van der Waals surface area contributed by atoms with Crippen LogP contribution in [0.5, 0.6) is 0 Å². The summed E-state index contributed by atoms with van der Waals surface area (Å²) in [7, 11) is 0. The first kappa shape index (κ1) is 9.86. The number of rotatable bonds is 2. The van der Waals surface area contributed by atoms with Crippen molar-refractivity contribution in [3.63, 3.8) is 0 Å². The van der Waals surface area contributed by atoms with E-state index in [0.717, 1.165) is 11.3 Å². The van der Waals surface area contributed by atoms with Gasteiger partial charge in [-0.15, -0.1) is 0 Å². The smallest absolute Gasteiger partial charge is 0.408 e. The molecule has 0 atom stereocenters. The molecule has 3 rings (SSSR count). The van der Waals surface area contributed by atoms with Crippen LogP contribution in [0, 0.1) is 0 Å². The summed E-state index contributed by atoms with van der Waals surface area (Å²) in [4.78, 5) is 20.5. The first-order valence-electron chi connectivity index (χ1n) is 5.04. The summed E-state index contributed by atoms with van der Waals surface area (Å²) >= 11 is 0. The SMILES string of the molecule is O=c1[nH]c2ccc(-c3cnc(CO)[nH]3)cc2o1. The van der Waals surface area contributed by atoms with Gasteiger partial charge in [-0.05, 0) is 12.1 Å². The molecule has 0 aliphatic heterocycles. The number of aromatic amines is 2. The normalized spacial score (nSPS) is 11.1. The maximum atomic E-state index is 11.0. The van der Waals surface area contributed by atoms with Crippen molar-refractivity contribution in [1.29, 1.82) is 0 Å². The van der Waals surface area contributed by atoms with Crippen LogP contribution in [0.25, 0.3) is 22.4 Å². The van der Waals surface area contributed by atoms with Gasteiger partial charge >= 0.3 is 5.76 Å². The Morgan fingerprint density at radius 1 is 1.35 bits per heavy atom. The van der Waals surface area contributed by atoms with Crippen molar-refractivity contribution in [3.05, 3.63) is 40.8 Å². The first-order valence-corrected chi connectivity index (χ1v) is 5.04. The molecule has 0 bridgehead atoms. The largest absolute Gasteiger partial charge is 0.417 e. The average molecular weight is 231 g/mol. The Labute approximate surface area is 94.9 Å². The molecule has 6 nitrogen and oxygen atoms in total. The molecule has 2 heterocycles. The van der Waals surface area contributed by atoms with E-state index < -0.39 is 5.76 Å². The Hall–Kier alpha value is -2.34. The zero-order valence-corrected chi connectivity index (χ0v) is 8.73. The number of nitrogens with zero attached hydrogens (tertiary/aromatic N) is 1. The van der Waals surface area contributed by atoms with Crippen LogP contribution in [0.4, 0.5) is 0 Å². The predicted octanol–water partition coefficient (Wildman–Crippen LogP) is 1.00. The molecule has 0 amide bonds. The quantitative estimate of drug-likeness (QED) is 0.613. The van der Waals surface area contributed by atoms with Crippen molar-refractivity contribution in [2.45, 2.75) is 6.61 Å². The van der Waals surface area contributed by atoms with Gasteiger partial charge in [-0.1, -0.05) is 6.07 Å². The van der Waals surface area contributed by atoms with Gasteiger partial charge in [-0.2, -0.15) is 0 Å². The molecule has 0 aliphatic carbocycles. The number of aliphatic hydroxyl groups is 1. The van der Waals surface area contributed by atoms with E-state index in [-0.39, 0.29) is 6.61 Å². The highest BCUT2D eigenvalue weighted by molar-refractivity contribution is 5.78. The van der Waals surface area contributed by atoms with Gasteiger partial charge in [0.15, 0.2) is 5.58 Å². The van der Waals surface area contributed by atoms with E-state index in [9.17, 15) is 4.79 Å². The third-order valence-corrected chi connectivity index (χ3v) is 2.51. The monoisotopic (exact) mass is 231 g/mol. The Bertz CT molecular complexity index is 723. The van der Waals surface area contributed by atoms with Gasteiger partial charge in [0.25, 0.3) is 0 Å². The summed E-state index contributed by atoms with van der Waals surface area (Å²) < 4.78 is 4.97. The Kier molecular flexibility index (Phi) is 2.09. The van der Waals surface area contributed by atoms with E-state index in [1.807, 2.05) is 6.07 Å². The van der Waals surface area contributed by atoms with Gasteiger partial charge in [0.1, 0.15) is 12.4 Å². The number of aliphatic hydroxyl groups excluding tert-OH is 1. The van der Waals surface area contributed by atoms with Gasteiger partial charge in [-0.3, -0.25) is 4.98 Å². The molecule has 0 saturated carbocycles. The van der Waals surface area contributed by atoms with Crippen LogP contribution in [0.1, 0.15) is 5.82 Å². The maximum Gasteiger partial charge on any atom is 0.417 e. The number of aromatic nitrogens is 3. The van der Waals surface area contributed by atoms with Gasteiger partial charge in [-0.25, -0.2) is 9.78 Å². The highest BCUT2D eigenvalue weighted by atomic mass is 16.4. The summed E-state index contributed by atoms with van der Waals surface area (Å²) in [6.07, 6.45) is 1.62. The molecule has 0 fully saturated rings. The lowest BCUT2D eigenvalue weighted by Gasteiger charge is -1.96. The minimum Gasteiger partial charge on any atom is -0.408 e. The molecule has 0 spiro atoms. The topological polar surface area (TPSA) is 94.9 Å². The van der Waals surface area contributed by atoms with Crippen LogP contribution in [0.3, 0.4) is 0 Å². The number of imidazole rings is 1.